The van der Waals surface area contributed by atoms with Crippen molar-refractivity contribution in [1.29, 1.82) is 0 Å². The summed E-state index contributed by atoms with van der Waals surface area (Å²) in [4.78, 5) is 4.17. The Morgan fingerprint density at radius 1 is 1.15 bits per heavy atom. The van der Waals surface area contributed by atoms with Crippen LogP contribution in [0.2, 0.25) is 0 Å². The van der Waals surface area contributed by atoms with E-state index < -0.39 is 0 Å². The SMILES string of the molecule is Nc1n[nH]c(C2Cc3ccccc32)c1-c1cccnc1. The van der Waals surface area contributed by atoms with Crippen LogP contribution < -0.4 is 5.73 Å². The number of H-pyrrole nitrogens is 1. The third kappa shape index (κ3) is 1.54. The van der Waals surface area contributed by atoms with E-state index in [2.05, 4.69) is 39.4 Å². The fraction of sp³-hybridized carbons (Fsp3) is 0.125. The normalized spacial score (nSPS) is 16.5. The minimum absolute atomic E-state index is 0.353. The summed E-state index contributed by atoms with van der Waals surface area (Å²) in [5.74, 6) is 0.892. The van der Waals surface area contributed by atoms with E-state index in [1.165, 1.54) is 11.1 Å². The first-order valence-electron chi connectivity index (χ1n) is 6.66. The summed E-state index contributed by atoms with van der Waals surface area (Å²) in [6, 6.07) is 12.4. The van der Waals surface area contributed by atoms with Crippen LogP contribution in [0.15, 0.2) is 48.8 Å². The van der Waals surface area contributed by atoms with Crippen LogP contribution in [0.25, 0.3) is 11.1 Å². The lowest BCUT2D eigenvalue weighted by Crippen LogP contribution is -2.19. The van der Waals surface area contributed by atoms with Crippen LogP contribution in [-0.4, -0.2) is 15.2 Å². The van der Waals surface area contributed by atoms with Crippen LogP contribution in [0.5, 0.6) is 0 Å². The summed E-state index contributed by atoms with van der Waals surface area (Å²) in [5, 5.41) is 7.31. The van der Waals surface area contributed by atoms with E-state index >= 15 is 0 Å². The molecule has 0 aliphatic heterocycles. The standard InChI is InChI=1S/C16H14N4/c17-16-14(11-5-3-7-18-9-11)15(19-20-16)13-8-10-4-1-2-6-12(10)13/h1-7,9,13H,8H2,(H3,17,19,20). The van der Waals surface area contributed by atoms with Crippen LogP contribution in [0.3, 0.4) is 0 Å². The van der Waals surface area contributed by atoms with Crippen molar-refractivity contribution >= 4 is 5.82 Å². The third-order valence-corrected chi connectivity index (χ3v) is 3.98. The Balaban J connectivity index is 1.82. The molecule has 0 spiro atoms. The molecule has 0 amide bonds. The fourth-order valence-electron chi connectivity index (χ4n) is 2.95. The van der Waals surface area contributed by atoms with E-state index in [9.17, 15) is 0 Å². The molecule has 1 unspecified atom stereocenters. The number of benzene rings is 1. The minimum atomic E-state index is 0.353. The number of pyridine rings is 1. The molecule has 1 aliphatic carbocycles. The highest BCUT2D eigenvalue weighted by Gasteiger charge is 2.31. The number of aromatic nitrogens is 3. The summed E-state index contributed by atoms with van der Waals surface area (Å²) in [6.07, 6.45) is 4.62. The zero-order valence-corrected chi connectivity index (χ0v) is 10.9. The highest BCUT2D eigenvalue weighted by Crippen LogP contribution is 2.43. The maximum atomic E-state index is 6.04. The number of hydrogen-bond donors (Lipinski definition) is 2. The van der Waals surface area contributed by atoms with E-state index in [4.69, 9.17) is 5.73 Å². The molecule has 4 nitrogen and oxygen atoms in total. The Labute approximate surface area is 116 Å². The number of anilines is 1. The topological polar surface area (TPSA) is 67.6 Å². The summed E-state index contributed by atoms with van der Waals surface area (Å²) in [5.41, 5.74) is 11.9. The van der Waals surface area contributed by atoms with Gasteiger partial charge in [-0.15, -0.1) is 0 Å². The number of hydrogen-bond acceptors (Lipinski definition) is 3. The van der Waals surface area contributed by atoms with Crippen LogP contribution in [0.4, 0.5) is 5.82 Å². The number of nitrogens with two attached hydrogens (primary N) is 1. The Morgan fingerprint density at radius 3 is 2.85 bits per heavy atom. The average Bonchev–Trinajstić information content (AvgIpc) is 2.83. The van der Waals surface area contributed by atoms with Gasteiger partial charge in [-0.25, -0.2) is 0 Å². The quantitative estimate of drug-likeness (QED) is 0.746. The molecule has 0 saturated carbocycles. The number of nitrogen functional groups attached to an aromatic ring is 1. The second kappa shape index (κ2) is 4.20. The molecule has 1 atom stereocenters. The molecule has 2 aromatic heterocycles. The molecule has 0 saturated heterocycles. The van der Waals surface area contributed by atoms with Gasteiger partial charge < -0.3 is 5.73 Å². The van der Waals surface area contributed by atoms with E-state index in [0.29, 0.717) is 11.7 Å². The van der Waals surface area contributed by atoms with Gasteiger partial charge in [-0.3, -0.25) is 10.1 Å². The maximum absolute atomic E-state index is 6.04. The largest absolute Gasteiger partial charge is 0.382 e. The summed E-state index contributed by atoms with van der Waals surface area (Å²) >= 11 is 0. The Kier molecular flexibility index (Phi) is 2.36. The minimum Gasteiger partial charge on any atom is -0.382 e. The number of rotatable bonds is 2. The van der Waals surface area contributed by atoms with Gasteiger partial charge in [-0.05, 0) is 23.6 Å². The molecule has 0 radical (unpaired) electrons. The second-order valence-electron chi connectivity index (χ2n) is 5.09. The van der Waals surface area contributed by atoms with Gasteiger partial charge in [-0.2, -0.15) is 5.10 Å². The van der Waals surface area contributed by atoms with Gasteiger partial charge in [0, 0.05) is 29.4 Å². The van der Waals surface area contributed by atoms with E-state index in [1.807, 2.05) is 18.3 Å². The molecule has 4 rings (SSSR count). The molecular formula is C16H14N4. The number of nitrogens with one attached hydrogen (secondary N) is 1. The van der Waals surface area contributed by atoms with Crippen LogP contribution in [0.1, 0.15) is 22.7 Å². The van der Waals surface area contributed by atoms with Crippen LogP contribution in [0, 0.1) is 0 Å². The molecule has 0 fully saturated rings. The monoisotopic (exact) mass is 262 g/mol. The first-order valence-corrected chi connectivity index (χ1v) is 6.66. The van der Waals surface area contributed by atoms with Crippen LogP contribution in [-0.2, 0) is 6.42 Å². The molecule has 0 bridgehead atoms. The van der Waals surface area contributed by atoms with Gasteiger partial charge in [0.05, 0.1) is 5.69 Å². The third-order valence-electron chi connectivity index (χ3n) is 3.98. The number of aromatic amines is 1. The number of nitrogens with zero attached hydrogens (tertiary/aromatic N) is 2. The maximum Gasteiger partial charge on any atom is 0.153 e. The van der Waals surface area contributed by atoms with E-state index in [1.54, 1.807) is 6.20 Å². The molecule has 3 N–H and O–H groups in total. The predicted octanol–water partition coefficient (Wildman–Crippen LogP) is 2.74. The molecule has 4 heteroatoms. The molecule has 20 heavy (non-hydrogen) atoms. The Morgan fingerprint density at radius 2 is 2.05 bits per heavy atom. The van der Waals surface area contributed by atoms with E-state index in [-0.39, 0.29) is 0 Å². The zero-order valence-electron chi connectivity index (χ0n) is 10.9. The average molecular weight is 262 g/mol. The predicted molar refractivity (Wildman–Crippen MR) is 78.2 cm³/mol. The van der Waals surface area contributed by atoms with Crippen molar-refractivity contribution in [2.75, 3.05) is 5.73 Å². The zero-order chi connectivity index (χ0) is 13.5. The molecular weight excluding hydrogens is 248 g/mol. The van der Waals surface area contributed by atoms with Gasteiger partial charge in [0.15, 0.2) is 5.82 Å². The van der Waals surface area contributed by atoms with Crippen molar-refractivity contribution < 1.29 is 0 Å². The first kappa shape index (κ1) is 11.2. The lowest BCUT2D eigenvalue weighted by Gasteiger charge is -2.30. The highest BCUT2D eigenvalue weighted by atomic mass is 15.2. The summed E-state index contributed by atoms with van der Waals surface area (Å²) in [6.45, 7) is 0. The molecule has 3 aromatic rings. The van der Waals surface area contributed by atoms with Crippen molar-refractivity contribution in [3.8, 4) is 11.1 Å². The molecule has 2 heterocycles. The van der Waals surface area contributed by atoms with Crippen LogP contribution >= 0.6 is 0 Å². The van der Waals surface area contributed by atoms with E-state index in [0.717, 1.165) is 23.2 Å². The van der Waals surface area contributed by atoms with Crippen molar-refractivity contribution in [1.82, 2.24) is 15.2 Å². The lowest BCUT2D eigenvalue weighted by atomic mass is 9.74. The fourth-order valence-corrected chi connectivity index (χ4v) is 2.95. The van der Waals surface area contributed by atoms with Gasteiger partial charge >= 0.3 is 0 Å². The molecule has 98 valence electrons. The van der Waals surface area contributed by atoms with Crippen molar-refractivity contribution in [3.63, 3.8) is 0 Å². The summed E-state index contributed by atoms with van der Waals surface area (Å²) < 4.78 is 0. The van der Waals surface area contributed by atoms with Gasteiger partial charge in [0.2, 0.25) is 0 Å². The Bertz CT molecular complexity index is 761. The number of fused-ring (bicyclic) bond motifs is 1. The smallest absolute Gasteiger partial charge is 0.153 e. The van der Waals surface area contributed by atoms with Gasteiger partial charge in [0.25, 0.3) is 0 Å². The lowest BCUT2D eigenvalue weighted by molar-refractivity contribution is 0.683. The Hall–Kier alpha value is -2.62. The van der Waals surface area contributed by atoms with Gasteiger partial charge in [-0.1, -0.05) is 30.3 Å². The summed E-state index contributed by atoms with van der Waals surface area (Å²) in [7, 11) is 0. The van der Waals surface area contributed by atoms with Gasteiger partial charge in [0.1, 0.15) is 0 Å². The second-order valence-corrected chi connectivity index (χ2v) is 5.09. The highest BCUT2D eigenvalue weighted by molar-refractivity contribution is 5.77. The van der Waals surface area contributed by atoms with Crippen molar-refractivity contribution in [3.05, 3.63) is 65.6 Å². The molecule has 1 aliphatic rings. The van der Waals surface area contributed by atoms with Crippen molar-refractivity contribution in [2.45, 2.75) is 12.3 Å². The molecule has 1 aromatic carbocycles. The van der Waals surface area contributed by atoms with Crippen molar-refractivity contribution in [2.24, 2.45) is 0 Å². The first-order chi connectivity index (χ1) is 9.84.